The van der Waals surface area contributed by atoms with Gasteiger partial charge in [-0.05, 0) is 33.1 Å². The Balaban J connectivity index is 1.93. The average molecular weight is 463 g/mol. The molecule has 0 aromatic carbocycles. The maximum Gasteiger partial charge on any atom is 0.101 e. The van der Waals surface area contributed by atoms with Crippen LogP contribution in [0.15, 0.2) is 12.4 Å². The molecule has 196 valence electrons. The van der Waals surface area contributed by atoms with Gasteiger partial charge >= 0.3 is 0 Å². The van der Waals surface area contributed by atoms with E-state index >= 15 is 0 Å². The van der Waals surface area contributed by atoms with Crippen LogP contribution in [0.25, 0.3) is 0 Å². The summed E-state index contributed by atoms with van der Waals surface area (Å²) in [6.45, 7) is 10.5. The normalized spacial score (nSPS) is 16.0. The summed E-state index contributed by atoms with van der Waals surface area (Å²) in [5.74, 6) is 0. The van der Waals surface area contributed by atoms with Crippen LogP contribution in [0.3, 0.4) is 0 Å². The first-order valence-electron chi connectivity index (χ1n) is 15.4. The molecule has 0 aliphatic carbocycles. The van der Waals surface area contributed by atoms with Crippen LogP contribution in [0, 0.1) is 0 Å². The molecule has 2 heteroatoms. The molecule has 0 fully saturated rings. The zero-order valence-corrected chi connectivity index (χ0v) is 23.5. The standard InChI is InChI=1S/C31H62N2/c1-5-7-9-11-12-13-14-15-16-17-18-19-20-21-22-23-25-27-32-28-29-33(30(3)4)31(32)26-24-10-8-6-2/h28-31H,5-27H2,1-4H3. The monoisotopic (exact) mass is 462 g/mol. The second-order valence-corrected chi connectivity index (χ2v) is 11.1. The third kappa shape index (κ3) is 15.8. The first-order chi connectivity index (χ1) is 16.2. The quantitative estimate of drug-likeness (QED) is 0.132. The second kappa shape index (κ2) is 21.8. The zero-order chi connectivity index (χ0) is 24.0. The van der Waals surface area contributed by atoms with Crippen LogP contribution >= 0.6 is 0 Å². The molecule has 0 radical (unpaired) electrons. The summed E-state index contributed by atoms with van der Waals surface area (Å²) in [4.78, 5) is 5.22. The summed E-state index contributed by atoms with van der Waals surface area (Å²) in [5, 5.41) is 0. The molecule has 1 aliphatic rings. The van der Waals surface area contributed by atoms with Crippen molar-refractivity contribution in [2.75, 3.05) is 6.54 Å². The summed E-state index contributed by atoms with van der Waals surface area (Å²) in [5.41, 5.74) is 0. The molecule has 0 spiro atoms. The van der Waals surface area contributed by atoms with Gasteiger partial charge in [0.05, 0.1) is 0 Å². The SMILES string of the molecule is CCCCCCCCCCCCCCCCCCCN1C=CN(C(C)C)C1CCCCCC. The minimum atomic E-state index is 0.609. The molecule has 0 bridgehead atoms. The molecular formula is C31H62N2. The number of hydrogen-bond donors (Lipinski definition) is 0. The Morgan fingerprint density at radius 1 is 0.515 bits per heavy atom. The van der Waals surface area contributed by atoms with Gasteiger partial charge < -0.3 is 9.80 Å². The molecule has 0 saturated carbocycles. The van der Waals surface area contributed by atoms with E-state index in [2.05, 4.69) is 49.9 Å². The highest BCUT2D eigenvalue weighted by Crippen LogP contribution is 2.24. The lowest BCUT2D eigenvalue weighted by Crippen LogP contribution is -2.42. The number of unbranched alkanes of at least 4 members (excludes halogenated alkanes) is 19. The Hall–Kier alpha value is -0.660. The van der Waals surface area contributed by atoms with Crippen LogP contribution in [0.5, 0.6) is 0 Å². The maximum atomic E-state index is 2.64. The molecule has 1 atom stereocenters. The van der Waals surface area contributed by atoms with Gasteiger partial charge in [-0.1, -0.05) is 136 Å². The third-order valence-electron chi connectivity index (χ3n) is 7.59. The van der Waals surface area contributed by atoms with Crippen LogP contribution in [-0.4, -0.2) is 28.6 Å². The Morgan fingerprint density at radius 3 is 1.33 bits per heavy atom. The van der Waals surface area contributed by atoms with Gasteiger partial charge in [0.15, 0.2) is 0 Å². The highest BCUT2D eigenvalue weighted by Gasteiger charge is 2.26. The van der Waals surface area contributed by atoms with Gasteiger partial charge in [0.2, 0.25) is 0 Å². The van der Waals surface area contributed by atoms with Crippen molar-refractivity contribution in [3.8, 4) is 0 Å². The van der Waals surface area contributed by atoms with Crippen molar-refractivity contribution in [3.63, 3.8) is 0 Å². The van der Waals surface area contributed by atoms with Crippen LogP contribution in [0.2, 0.25) is 0 Å². The van der Waals surface area contributed by atoms with E-state index in [1.807, 2.05) is 0 Å². The van der Waals surface area contributed by atoms with Gasteiger partial charge in [-0.25, -0.2) is 0 Å². The van der Waals surface area contributed by atoms with Crippen molar-refractivity contribution in [1.29, 1.82) is 0 Å². The Labute approximate surface area is 210 Å². The molecule has 0 saturated heterocycles. The van der Waals surface area contributed by atoms with E-state index in [-0.39, 0.29) is 0 Å². The lowest BCUT2D eigenvalue weighted by atomic mass is 10.0. The summed E-state index contributed by atoms with van der Waals surface area (Å²) in [6.07, 6.45) is 36.8. The molecule has 1 rings (SSSR count). The number of nitrogens with zero attached hydrogens (tertiary/aromatic N) is 2. The van der Waals surface area contributed by atoms with Crippen molar-refractivity contribution in [2.45, 2.75) is 181 Å². The molecule has 0 aromatic rings. The number of rotatable bonds is 24. The van der Waals surface area contributed by atoms with Gasteiger partial charge in [0.1, 0.15) is 6.17 Å². The molecule has 1 aliphatic heterocycles. The highest BCUT2D eigenvalue weighted by atomic mass is 15.4. The first-order valence-corrected chi connectivity index (χ1v) is 15.4. The molecular weight excluding hydrogens is 400 g/mol. The second-order valence-electron chi connectivity index (χ2n) is 11.1. The van der Waals surface area contributed by atoms with E-state index in [0.29, 0.717) is 12.2 Å². The molecule has 33 heavy (non-hydrogen) atoms. The largest absolute Gasteiger partial charge is 0.356 e. The Morgan fingerprint density at radius 2 is 0.909 bits per heavy atom. The predicted molar refractivity (Wildman–Crippen MR) is 150 cm³/mol. The highest BCUT2D eigenvalue weighted by molar-refractivity contribution is 4.98. The van der Waals surface area contributed by atoms with Crippen LogP contribution in [-0.2, 0) is 0 Å². The Kier molecular flexibility index (Phi) is 20.1. The lowest BCUT2D eigenvalue weighted by Gasteiger charge is -2.35. The zero-order valence-electron chi connectivity index (χ0n) is 23.5. The Bertz CT molecular complexity index is 431. The smallest absolute Gasteiger partial charge is 0.101 e. The predicted octanol–water partition coefficient (Wildman–Crippen LogP) is 10.4. The van der Waals surface area contributed by atoms with Gasteiger partial charge in [0, 0.05) is 25.0 Å². The fraction of sp³-hybridized carbons (Fsp3) is 0.935. The molecule has 0 amide bonds. The van der Waals surface area contributed by atoms with Crippen molar-refractivity contribution < 1.29 is 0 Å². The number of hydrogen-bond acceptors (Lipinski definition) is 2. The van der Waals surface area contributed by atoms with Gasteiger partial charge in [-0.2, -0.15) is 0 Å². The average Bonchev–Trinajstić information content (AvgIpc) is 3.21. The fourth-order valence-corrected chi connectivity index (χ4v) is 5.36. The van der Waals surface area contributed by atoms with Crippen LogP contribution in [0.1, 0.15) is 169 Å². The topological polar surface area (TPSA) is 6.48 Å². The minimum Gasteiger partial charge on any atom is -0.356 e. The molecule has 1 heterocycles. The molecule has 0 aromatic heterocycles. The van der Waals surface area contributed by atoms with E-state index in [1.54, 1.807) is 0 Å². The van der Waals surface area contributed by atoms with Gasteiger partial charge in [-0.3, -0.25) is 0 Å². The van der Waals surface area contributed by atoms with E-state index in [4.69, 9.17) is 0 Å². The van der Waals surface area contributed by atoms with E-state index in [9.17, 15) is 0 Å². The van der Waals surface area contributed by atoms with E-state index in [0.717, 1.165) is 0 Å². The van der Waals surface area contributed by atoms with E-state index in [1.165, 1.54) is 148 Å². The fourth-order valence-electron chi connectivity index (χ4n) is 5.36. The maximum absolute atomic E-state index is 2.64. The lowest BCUT2D eigenvalue weighted by molar-refractivity contribution is 0.114. The summed E-state index contributed by atoms with van der Waals surface area (Å²) in [7, 11) is 0. The summed E-state index contributed by atoms with van der Waals surface area (Å²) >= 11 is 0. The van der Waals surface area contributed by atoms with Crippen molar-refractivity contribution in [3.05, 3.63) is 12.4 Å². The van der Waals surface area contributed by atoms with Crippen molar-refractivity contribution in [1.82, 2.24) is 9.80 Å². The van der Waals surface area contributed by atoms with Crippen LogP contribution < -0.4 is 0 Å². The molecule has 1 unspecified atom stereocenters. The van der Waals surface area contributed by atoms with E-state index < -0.39 is 0 Å². The van der Waals surface area contributed by atoms with Gasteiger partial charge in [-0.15, -0.1) is 0 Å². The van der Waals surface area contributed by atoms with Crippen LogP contribution in [0.4, 0.5) is 0 Å². The summed E-state index contributed by atoms with van der Waals surface area (Å²) < 4.78 is 0. The molecule has 2 nitrogen and oxygen atoms in total. The van der Waals surface area contributed by atoms with Gasteiger partial charge in [0.25, 0.3) is 0 Å². The van der Waals surface area contributed by atoms with Crippen molar-refractivity contribution >= 4 is 0 Å². The third-order valence-corrected chi connectivity index (χ3v) is 7.59. The molecule has 0 N–H and O–H groups in total. The summed E-state index contributed by atoms with van der Waals surface area (Å²) in [6, 6.07) is 0.609. The minimum absolute atomic E-state index is 0.609. The first kappa shape index (κ1) is 30.4. The van der Waals surface area contributed by atoms with Crippen molar-refractivity contribution in [2.24, 2.45) is 0 Å².